The van der Waals surface area contributed by atoms with Gasteiger partial charge < -0.3 is 38.6 Å². The Morgan fingerprint density at radius 2 is 1.71 bits per heavy atom. The van der Waals surface area contributed by atoms with Crippen molar-refractivity contribution in [2.24, 2.45) is 23.2 Å². The Morgan fingerprint density at radius 1 is 0.947 bits per heavy atom. The van der Waals surface area contributed by atoms with Crippen LogP contribution in [0.4, 0.5) is 5.69 Å². The molecule has 0 bridgehead atoms. The number of fused-ring (bicyclic) bond motifs is 9. The third kappa shape index (κ3) is 8.34. The minimum Gasteiger partial charge on any atom is -0.493 e. The molecule has 0 unspecified atom stereocenters. The number of benzene rings is 2. The lowest BCUT2D eigenvalue weighted by atomic mass is 9.50. The van der Waals surface area contributed by atoms with Crippen LogP contribution in [0.1, 0.15) is 126 Å². The number of rotatable bonds is 12. The molecule has 2 aromatic carbocycles. The van der Waals surface area contributed by atoms with Crippen LogP contribution >= 0.6 is 0 Å². The number of hydrogen-bond acceptors (Lipinski definition) is 13. The van der Waals surface area contributed by atoms with Gasteiger partial charge in [-0.3, -0.25) is 24.0 Å². The zero-order valence-corrected chi connectivity index (χ0v) is 44.4. The van der Waals surface area contributed by atoms with E-state index >= 15 is 0 Å². The normalized spacial score (nSPS) is 26.9. The molecular formula is C60H69N5O10. The second-order valence-electron chi connectivity index (χ2n) is 23.0. The number of anilines is 1. The molecule has 2 saturated carbocycles. The molecule has 2 aromatic heterocycles. The molecule has 6 atom stereocenters. The largest absolute Gasteiger partial charge is 0.493 e. The Morgan fingerprint density at radius 3 is 2.41 bits per heavy atom. The van der Waals surface area contributed by atoms with Crippen molar-refractivity contribution in [1.29, 1.82) is 0 Å². The summed E-state index contributed by atoms with van der Waals surface area (Å²) in [4.78, 5) is 90.4. The van der Waals surface area contributed by atoms with Crippen LogP contribution in [0.5, 0.6) is 5.75 Å². The van der Waals surface area contributed by atoms with E-state index in [1.165, 1.54) is 18.1 Å². The first-order chi connectivity index (χ1) is 35.8. The number of esters is 2. The minimum absolute atomic E-state index is 0.0181. The number of ketones is 2. The number of ether oxygens (including phenoxy) is 3. The smallest absolute Gasteiger partial charge is 0.343 e. The average molecular weight is 1020 g/mol. The molecule has 394 valence electrons. The van der Waals surface area contributed by atoms with E-state index in [1.807, 2.05) is 49.2 Å². The van der Waals surface area contributed by atoms with E-state index in [2.05, 4.69) is 42.2 Å². The number of piperidine rings is 1. The highest BCUT2D eigenvalue weighted by Gasteiger charge is 2.67. The monoisotopic (exact) mass is 1020 g/mol. The number of aliphatic hydroxyl groups is 1. The van der Waals surface area contributed by atoms with Crippen molar-refractivity contribution in [3.8, 4) is 17.1 Å². The highest BCUT2D eigenvalue weighted by molar-refractivity contribution is 5.93. The number of aromatic nitrogens is 2. The standard InChI is InChI=1S/C60H69N5O10/c1-8-59(72)49-27-51-55-39(29-65(51)56(70)47(49)33-74-57(59)71)26-44-46(30-62(5)6)52(18-17-50(44)61-55)73-32-36-20-23-64(24-21-36)53(69)31-63(7)40-12-9-37(10-13-40)45-28-58(4)48(19-22-60(58,34(2)66)75-35(3)67)43-15-11-38-25-41(68)14-16-42(38)54(43)45/h9-10,12-13,17-18,25-27,36,43,45,48,72H,8,11,14-16,19-24,28-33H2,1-7H3/t43-,45+,48-,58-,59-,60-/m0/s1. The third-order valence-corrected chi connectivity index (χ3v) is 18.5. The zero-order valence-electron chi connectivity index (χ0n) is 44.4. The number of Topliss-reactive ketones (excluding diaryl/α,β-unsaturated/α-hetero) is 1. The molecule has 1 N–H and O–H groups in total. The maximum Gasteiger partial charge on any atom is 0.343 e. The van der Waals surface area contributed by atoms with Crippen molar-refractivity contribution in [3.63, 3.8) is 0 Å². The molecule has 1 saturated heterocycles. The number of pyridine rings is 2. The molecular weight excluding hydrogens is 951 g/mol. The third-order valence-electron chi connectivity index (χ3n) is 18.5. The average Bonchev–Trinajstić information content (AvgIpc) is 3.94. The number of nitrogens with zero attached hydrogens (tertiary/aromatic N) is 5. The van der Waals surface area contributed by atoms with Crippen molar-refractivity contribution in [2.75, 3.05) is 52.3 Å². The lowest BCUT2D eigenvalue weighted by molar-refractivity contribution is -0.182. The maximum atomic E-state index is 13.9. The molecule has 3 aliphatic heterocycles. The van der Waals surface area contributed by atoms with Crippen LogP contribution < -0.4 is 15.2 Å². The Labute approximate surface area is 437 Å². The molecule has 7 aliphatic rings. The molecule has 5 heterocycles. The van der Waals surface area contributed by atoms with Gasteiger partial charge in [-0.25, -0.2) is 9.78 Å². The Hall–Kier alpha value is -6.45. The van der Waals surface area contributed by atoms with Gasteiger partial charge in [-0.2, -0.15) is 0 Å². The zero-order chi connectivity index (χ0) is 52.9. The number of carbonyl (C=O) groups is 5. The van der Waals surface area contributed by atoms with Gasteiger partial charge in [-0.05, 0) is 156 Å². The van der Waals surface area contributed by atoms with Gasteiger partial charge in [0.2, 0.25) is 5.91 Å². The number of hydrogen-bond donors (Lipinski definition) is 1. The van der Waals surface area contributed by atoms with Crippen molar-refractivity contribution in [2.45, 2.75) is 129 Å². The first kappa shape index (κ1) is 50.7. The van der Waals surface area contributed by atoms with Gasteiger partial charge in [0.1, 0.15) is 12.4 Å². The summed E-state index contributed by atoms with van der Waals surface area (Å²) in [5, 5.41) is 12.3. The Balaban J connectivity index is 0.755. The first-order valence-electron chi connectivity index (χ1n) is 27.0. The summed E-state index contributed by atoms with van der Waals surface area (Å²) in [5.41, 5.74) is 6.41. The van der Waals surface area contributed by atoms with E-state index in [0.29, 0.717) is 74.6 Å². The van der Waals surface area contributed by atoms with E-state index in [4.69, 9.17) is 19.2 Å². The summed E-state index contributed by atoms with van der Waals surface area (Å²) in [5.74, 6) is 0.392. The van der Waals surface area contributed by atoms with E-state index < -0.39 is 28.6 Å². The predicted molar refractivity (Wildman–Crippen MR) is 282 cm³/mol. The number of cyclic esters (lactones) is 1. The molecule has 11 rings (SSSR count). The SMILES string of the molecule is CC[C@@]1(O)C(=O)OCc2c1cc1n(c2=O)Cc2cc3c(CN(C)C)c(OCC4CCN(C(=O)CN(C)c5ccc([C@H]6C[C@@]7(C)[C@@H](CC[C@]7(OC(C)=O)C(C)=O)[C@@H]7CCC8=CC(=O)CCC8=C76)cc5)CC4)ccc3nc2-1. The topological polar surface area (TPSA) is 178 Å². The van der Waals surface area contributed by atoms with Crippen molar-refractivity contribution in [3.05, 3.63) is 109 Å². The van der Waals surface area contributed by atoms with Crippen LogP contribution in [0.2, 0.25) is 0 Å². The fraction of sp³-hybridized carbons (Fsp3) is 0.517. The van der Waals surface area contributed by atoms with Crippen molar-refractivity contribution >= 4 is 46.0 Å². The van der Waals surface area contributed by atoms with Crippen LogP contribution in [0, 0.1) is 23.2 Å². The summed E-state index contributed by atoms with van der Waals surface area (Å²) in [6.07, 6.45) is 8.52. The highest BCUT2D eigenvalue weighted by Crippen LogP contribution is 2.68. The Kier molecular flexibility index (Phi) is 12.8. The lowest BCUT2D eigenvalue weighted by Gasteiger charge is -2.55. The summed E-state index contributed by atoms with van der Waals surface area (Å²) in [6.45, 7) is 9.57. The van der Waals surface area contributed by atoms with Crippen molar-refractivity contribution < 1.29 is 43.3 Å². The number of likely N-dealkylation sites (tertiary alicyclic amines) is 1. The van der Waals surface area contributed by atoms with E-state index in [1.54, 1.807) is 24.5 Å². The Bertz CT molecular complexity index is 3200. The van der Waals surface area contributed by atoms with Crippen molar-refractivity contribution in [1.82, 2.24) is 19.4 Å². The maximum absolute atomic E-state index is 13.9. The molecule has 4 aromatic rings. The van der Waals surface area contributed by atoms with E-state index in [-0.39, 0.29) is 66.3 Å². The van der Waals surface area contributed by atoms with Gasteiger partial charge in [0.05, 0.1) is 42.2 Å². The number of likely N-dealkylation sites (N-methyl/N-ethyl adjacent to an activating group) is 1. The number of allylic oxidation sites excluding steroid dienone is 4. The molecule has 15 heteroatoms. The molecule has 1 amide bonds. The molecule has 15 nitrogen and oxygen atoms in total. The van der Waals surface area contributed by atoms with Gasteiger partial charge in [-0.15, -0.1) is 0 Å². The van der Waals surface area contributed by atoms with Crippen LogP contribution in [0.25, 0.3) is 22.3 Å². The van der Waals surface area contributed by atoms with E-state index in [9.17, 15) is 33.9 Å². The molecule has 75 heavy (non-hydrogen) atoms. The molecule has 0 spiro atoms. The molecule has 4 aliphatic carbocycles. The van der Waals surface area contributed by atoms with Crippen LogP contribution in [0.15, 0.2) is 76.1 Å². The number of amides is 1. The highest BCUT2D eigenvalue weighted by atomic mass is 16.6. The second-order valence-corrected chi connectivity index (χ2v) is 23.0. The van der Waals surface area contributed by atoms with Gasteiger partial charge in [0.25, 0.3) is 5.56 Å². The van der Waals surface area contributed by atoms with Gasteiger partial charge in [-0.1, -0.05) is 31.6 Å². The van der Waals surface area contributed by atoms with Gasteiger partial charge in [0, 0.05) is 79.1 Å². The number of carbonyl (C=O) groups excluding carboxylic acids is 5. The molecule has 3 fully saturated rings. The summed E-state index contributed by atoms with van der Waals surface area (Å²) in [7, 11) is 5.97. The van der Waals surface area contributed by atoms with E-state index in [0.717, 1.165) is 83.1 Å². The predicted octanol–water partition coefficient (Wildman–Crippen LogP) is 7.69. The second kappa shape index (κ2) is 19.0. The van der Waals surface area contributed by atoms with Gasteiger partial charge >= 0.3 is 11.9 Å². The van der Waals surface area contributed by atoms with Crippen LogP contribution in [0.3, 0.4) is 0 Å². The minimum atomic E-state index is -1.89. The fourth-order valence-electron chi connectivity index (χ4n) is 14.6. The summed E-state index contributed by atoms with van der Waals surface area (Å²) >= 11 is 0. The fourth-order valence-corrected chi connectivity index (χ4v) is 14.6. The lowest BCUT2D eigenvalue weighted by Crippen LogP contribution is -2.57. The van der Waals surface area contributed by atoms with Crippen LogP contribution in [-0.2, 0) is 58.7 Å². The quantitative estimate of drug-likeness (QED) is 0.121. The molecule has 0 radical (unpaired) electrons. The summed E-state index contributed by atoms with van der Waals surface area (Å²) in [6, 6.07) is 16.2. The van der Waals surface area contributed by atoms with Gasteiger partial charge in [0.15, 0.2) is 22.8 Å². The first-order valence-corrected chi connectivity index (χ1v) is 27.0. The van der Waals surface area contributed by atoms with Crippen LogP contribution in [-0.4, -0.2) is 107 Å². The summed E-state index contributed by atoms with van der Waals surface area (Å²) < 4.78 is 19.7.